The molecule has 4 heterocycles. The number of fused-ring (bicyclic) bond motifs is 13. The summed E-state index contributed by atoms with van der Waals surface area (Å²) in [6.45, 7) is 0.186. The van der Waals surface area contributed by atoms with Gasteiger partial charge in [-0.1, -0.05) is 66.7 Å². The van der Waals surface area contributed by atoms with E-state index in [9.17, 15) is 19.5 Å². The van der Waals surface area contributed by atoms with Crippen LogP contribution in [0.15, 0.2) is 78.9 Å². The average molecular weight is 526 g/mol. The van der Waals surface area contributed by atoms with E-state index in [1.54, 1.807) is 0 Å². The molecule has 0 saturated heterocycles. The van der Waals surface area contributed by atoms with Crippen LogP contribution in [0, 0.1) is 0 Å². The molecule has 194 valence electrons. The number of carbonyl (C=O) groups is 3. The Hall–Kier alpha value is -4.75. The molecular weight excluding hydrogens is 502 g/mol. The Morgan fingerprint density at radius 1 is 0.700 bits per heavy atom. The number of para-hydroxylation sites is 2. The summed E-state index contributed by atoms with van der Waals surface area (Å²) < 4.78 is 4.30. The van der Waals surface area contributed by atoms with Crippen molar-refractivity contribution in [3.63, 3.8) is 0 Å². The summed E-state index contributed by atoms with van der Waals surface area (Å²) in [6, 6.07) is 24.7. The van der Waals surface area contributed by atoms with Crippen LogP contribution in [-0.2, 0) is 11.3 Å². The number of amides is 2. The number of imide groups is 1. The predicted molar refractivity (Wildman–Crippen MR) is 151 cm³/mol. The lowest BCUT2D eigenvalue weighted by Gasteiger charge is -2.33. The number of hydrogen-bond acceptors (Lipinski definition) is 4. The van der Waals surface area contributed by atoms with Gasteiger partial charge in [0.2, 0.25) is 0 Å². The number of ketones is 1. The van der Waals surface area contributed by atoms with Crippen LogP contribution < -0.4 is 0 Å². The van der Waals surface area contributed by atoms with Crippen LogP contribution in [0.25, 0.3) is 43.6 Å². The molecule has 7 nitrogen and oxygen atoms in total. The summed E-state index contributed by atoms with van der Waals surface area (Å²) in [5, 5.41) is 14.4. The minimum Gasteiger partial charge on any atom is -0.383 e. The largest absolute Gasteiger partial charge is 0.383 e. The third kappa shape index (κ3) is 2.52. The normalized spacial score (nSPS) is 21.9. The van der Waals surface area contributed by atoms with Crippen LogP contribution in [0.1, 0.15) is 51.2 Å². The highest BCUT2D eigenvalue weighted by atomic mass is 16.3. The van der Waals surface area contributed by atoms with Crippen molar-refractivity contribution in [1.29, 1.82) is 0 Å². The van der Waals surface area contributed by atoms with E-state index in [4.69, 9.17) is 0 Å². The van der Waals surface area contributed by atoms with Crippen LogP contribution >= 0.6 is 0 Å². The van der Waals surface area contributed by atoms with Gasteiger partial charge >= 0.3 is 0 Å². The molecule has 6 aromatic rings. The minimum absolute atomic E-state index is 0.171. The van der Waals surface area contributed by atoms with Crippen molar-refractivity contribution in [2.24, 2.45) is 0 Å². The number of hydrogen-bond donors (Lipinski definition) is 1. The van der Waals surface area contributed by atoms with Gasteiger partial charge in [0.25, 0.3) is 11.8 Å². The Bertz CT molecular complexity index is 2140. The summed E-state index contributed by atoms with van der Waals surface area (Å²) in [4.78, 5) is 43.2. The molecular formula is C33H23N3O4. The molecule has 2 aliphatic heterocycles. The van der Waals surface area contributed by atoms with Crippen LogP contribution in [0.3, 0.4) is 0 Å². The second kappa shape index (κ2) is 7.46. The van der Waals surface area contributed by atoms with Crippen molar-refractivity contribution >= 4 is 61.2 Å². The van der Waals surface area contributed by atoms with Crippen LogP contribution in [0.4, 0.5) is 0 Å². The third-order valence-corrected chi connectivity index (χ3v) is 9.24. The van der Waals surface area contributed by atoms with E-state index >= 15 is 0 Å². The van der Waals surface area contributed by atoms with E-state index in [0.717, 1.165) is 49.2 Å². The number of aromatic nitrogens is 2. The highest BCUT2D eigenvalue weighted by Gasteiger charge is 2.46. The lowest BCUT2D eigenvalue weighted by atomic mass is 9.87. The molecule has 1 fully saturated rings. The Balaban J connectivity index is 1.50. The quantitative estimate of drug-likeness (QED) is 0.302. The van der Waals surface area contributed by atoms with E-state index < -0.39 is 12.1 Å². The van der Waals surface area contributed by atoms with Crippen molar-refractivity contribution in [2.45, 2.75) is 37.6 Å². The van der Waals surface area contributed by atoms with Gasteiger partial charge in [0.1, 0.15) is 6.10 Å². The second-order valence-electron chi connectivity index (χ2n) is 11.2. The molecule has 0 radical (unpaired) electrons. The lowest BCUT2D eigenvalue weighted by molar-refractivity contribution is -0.133. The molecule has 3 atom stereocenters. The molecule has 2 bridgehead atoms. The zero-order valence-corrected chi connectivity index (χ0v) is 21.4. The van der Waals surface area contributed by atoms with E-state index in [-0.39, 0.29) is 36.6 Å². The number of aliphatic hydroxyl groups is 1. The molecule has 4 aromatic carbocycles. The van der Waals surface area contributed by atoms with Gasteiger partial charge in [-0.05, 0) is 24.1 Å². The Labute approximate surface area is 227 Å². The molecule has 7 heteroatoms. The SMILES string of the molecule is O=C1C[C@H]2C[C@@H]([C@@H]1O)n1c3ccccc3c3c4c(c5c6ccccc6n2c5c31)C(=O)N(Cc1ccccc1)C4=O. The Morgan fingerprint density at radius 3 is 1.90 bits per heavy atom. The molecule has 3 aliphatic rings. The maximum atomic E-state index is 14.3. The summed E-state index contributed by atoms with van der Waals surface area (Å²) >= 11 is 0. The first-order valence-electron chi connectivity index (χ1n) is 13.7. The molecule has 2 aromatic heterocycles. The smallest absolute Gasteiger partial charge is 0.262 e. The lowest BCUT2D eigenvalue weighted by Crippen LogP contribution is -2.38. The van der Waals surface area contributed by atoms with E-state index in [2.05, 4.69) is 9.13 Å². The van der Waals surface area contributed by atoms with Gasteiger partial charge in [-0.2, -0.15) is 0 Å². The van der Waals surface area contributed by atoms with Crippen molar-refractivity contribution in [3.05, 3.63) is 95.6 Å². The first-order chi connectivity index (χ1) is 19.5. The van der Waals surface area contributed by atoms with E-state index in [0.29, 0.717) is 17.5 Å². The van der Waals surface area contributed by atoms with Crippen molar-refractivity contribution < 1.29 is 19.5 Å². The zero-order valence-electron chi connectivity index (χ0n) is 21.4. The number of nitrogens with zero attached hydrogens (tertiary/aromatic N) is 3. The molecule has 2 amide bonds. The first kappa shape index (κ1) is 22.1. The fourth-order valence-electron chi connectivity index (χ4n) is 7.67. The fourth-order valence-corrected chi connectivity index (χ4v) is 7.67. The topological polar surface area (TPSA) is 84.5 Å². The van der Waals surface area contributed by atoms with Crippen molar-refractivity contribution in [2.75, 3.05) is 0 Å². The highest BCUT2D eigenvalue weighted by molar-refractivity contribution is 6.39. The van der Waals surface area contributed by atoms with E-state index in [1.807, 2.05) is 78.9 Å². The number of aliphatic hydroxyl groups excluding tert-OH is 1. The fraction of sp³-hybridized carbons (Fsp3) is 0.182. The monoisotopic (exact) mass is 525 g/mol. The number of rotatable bonds is 2. The number of Topliss-reactive ketones (excluding diaryl/α,β-unsaturated/α-hetero) is 1. The summed E-state index contributed by atoms with van der Waals surface area (Å²) in [6.07, 6.45) is -0.336. The highest BCUT2D eigenvalue weighted by Crippen LogP contribution is 2.52. The van der Waals surface area contributed by atoms with Crippen molar-refractivity contribution in [3.8, 4) is 0 Å². The van der Waals surface area contributed by atoms with E-state index in [1.165, 1.54) is 4.90 Å². The number of carbonyl (C=O) groups excluding carboxylic acids is 3. The van der Waals surface area contributed by atoms with Crippen LogP contribution in [0.2, 0.25) is 0 Å². The summed E-state index contributed by atoms with van der Waals surface area (Å²) in [5.74, 6) is -0.789. The van der Waals surface area contributed by atoms with Crippen molar-refractivity contribution in [1.82, 2.24) is 14.0 Å². The van der Waals surface area contributed by atoms with Gasteiger partial charge in [0.05, 0.1) is 34.7 Å². The molecule has 1 N–H and O–H groups in total. The first-order valence-corrected chi connectivity index (χ1v) is 13.7. The van der Waals surface area contributed by atoms with Gasteiger partial charge in [0, 0.05) is 45.0 Å². The molecule has 1 saturated carbocycles. The maximum Gasteiger partial charge on any atom is 0.262 e. The Kier molecular flexibility index (Phi) is 4.12. The Morgan fingerprint density at radius 2 is 1.25 bits per heavy atom. The maximum absolute atomic E-state index is 14.3. The van der Waals surface area contributed by atoms with Gasteiger partial charge in [-0.3, -0.25) is 19.3 Å². The molecule has 40 heavy (non-hydrogen) atoms. The molecule has 0 unspecified atom stereocenters. The minimum atomic E-state index is -1.14. The second-order valence-corrected chi connectivity index (χ2v) is 11.2. The van der Waals surface area contributed by atoms with Crippen LogP contribution in [-0.4, -0.2) is 42.8 Å². The predicted octanol–water partition coefficient (Wildman–Crippen LogP) is 5.52. The average Bonchev–Trinajstić information content (AvgIpc) is 3.54. The van der Waals surface area contributed by atoms with Gasteiger partial charge in [0.15, 0.2) is 5.78 Å². The standard InChI is InChI=1S/C33H23N3O4/c37-24-15-18-14-23(31(24)38)36-22-13-7-5-11-20(22)26-28-27(32(39)34(33(28)40)16-17-8-2-1-3-9-17)25-19-10-4-6-12-21(19)35(18)29(25)30(26)36/h1-13,18,23,31,38H,14-16H2/t18-,23+,31+/m1/s1. The van der Waals surface area contributed by atoms with Gasteiger partial charge in [-0.15, -0.1) is 0 Å². The summed E-state index contributed by atoms with van der Waals surface area (Å²) in [7, 11) is 0. The summed E-state index contributed by atoms with van der Waals surface area (Å²) in [5.41, 5.74) is 5.19. The molecule has 9 rings (SSSR count). The zero-order chi connectivity index (χ0) is 26.9. The third-order valence-electron chi connectivity index (χ3n) is 9.24. The van der Waals surface area contributed by atoms with Gasteiger partial charge in [-0.25, -0.2) is 0 Å². The molecule has 1 aliphatic carbocycles. The van der Waals surface area contributed by atoms with Crippen LogP contribution in [0.5, 0.6) is 0 Å². The van der Waals surface area contributed by atoms with Gasteiger partial charge < -0.3 is 14.2 Å². The number of benzene rings is 4. The molecule has 0 spiro atoms.